The molecular formula is C21H31F. The van der Waals surface area contributed by atoms with Crippen molar-refractivity contribution in [3.05, 3.63) is 35.6 Å². The molecule has 1 heteroatoms. The van der Waals surface area contributed by atoms with E-state index in [-0.39, 0.29) is 5.82 Å². The SMILES string of the molecule is Fc1ccc(CCC2CCCC(C3CCCCC3)CC2)cc1. The van der Waals surface area contributed by atoms with E-state index in [1.54, 1.807) is 12.1 Å². The van der Waals surface area contributed by atoms with Gasteiger partial charge in [0.05, 0.1) is 0 Å². The maximum Gasteiger partial charge on any atom is 0.123 e. The van der Waals surface area contributed by atoms with Crippen molar-refractivity contribution in [3.8, 4) is 0 Å². The molecule has 0 nitrogen and oxygen atoms in total. The second-order valence-corrected chi connectivity index (χ2v) is 7.70. The van der Waals surface area contributed by atoms with E-state index in [1.807, 2.05) is 12.1 Å². The summed E-state index contributed by atoms with van der Waals surface area (Å²) in [5, 5.41) is 0. The van der Waals surface area contributed by atoms with Crippen LogP contribution in [0.4, 0.5) is 4.39 Å². The van der Waals surface area contributed by atoms with Crippen LogP contribution >= 0.6 is 0 Å². The summed E-state index contributed by atoms with van der Waals surface area (Å²) >= 11 is 0. The van der Waals surface area contributed by atoms with Gasteiger partial charge >= 0.3 is 0 Å². The van der Waals surface area contributed by atoms with Gasteiger partial charge in [0.1, 0.15) is 5.82 Å². The Morgan fingerprint density at radius 1 is 0.727 bits per heavy atom. The zero-order valence-electron chi connectivity index (χ0n) is 13.9. The molecule has 2 unspecified atom stereocenters. The third kappa shape index (κ3) is 4.57. The van der Waals surface area contributed by atoms with Gasteiger partial charge < -0.3 is 0 Å². The van der Waals surface area contributed by atoms with Gasteiger partial charge in [0.15, 0.2) is 0 Å². The van der Waals surface area contributed by atoms with Crippen molar-refractivity contribution in [1.29, 1.82) is 0 Å². The van der Waals surface area contributed by atoms with Gasteiger partial charge in [-0.3, -0.25) is 0 Å². The van der Waals surface area contributed by atoms with E-state index in [4.69, 9.17) is 0 Å². The molecule has 122 valence electrons. The summed E-state index contributed by atoms with van der Waals surface area (Å²) < 4.78 is 13.0. The van der Waals surface area contributed by atoms with Crippen LogP contribution in [0.2, 0.25) is 0 Å². The zero-order chi connectivity index (χ0) is 15.2. The number of hydrogen-bond donors (Lipinski definition) is 0. The fraction of sp³-hybridized carbons (Fsp3) is 0.714. The first-order valence-corrected chi connectivity index (χ1v) is 9.55. The number of aryl methyl sites for hydroxylation is 1. The second-order valence-electron chi connectivity index (χ2n) is 7.70. The number of rotatable bonds is 4. The topological polar surface area (TPSA) is 0 Å². The summed E-state index contributed by atoms with van der Waals surface area (Å²) in [5.41, 5.74) is 1.30. The molecule has 2 atom stereocenters. The molecule has 0 amide bonds. The van der Waals surface area contributed by atoms with Gasteiger partial charge in [-0.15, -0.1) is 0 Å². The van der Waals surface area contributed by atoms with Crippen LogP contribution in [0, 0.1) is 23.6 Å². The molecule has 0 aliphatic heterocycles. The van der Waals surface area contributed by atoms with Crippen LogP contribution in [0.1, 0.15) is 76.2 Å². The van der Waals surface area contributed by atoms with Gasteiger partial charge in [0.25, 0.3) is 0 Å². The van der Waals surface area contributed by atoms with Gasteiger partial charge in [-0.1, -0.05) is 69.9 Å². The minimum atomic E-state index is -0.117. The van der Waals surface area contributed by atoms with Crippen molar-refractivity contribution in [1.82, 2.24) is 0 Å². The van der Waals surface area contributed by atoms with E-state index < -0.39 is 0 Å². The van der Waals surface area contributed by atoms with Gasteiger partial charge in [-0.05, 0) is 54.7 Å². The van der Waals surface area contributed by atoms with E-state index in [9.17, 15) is 4.39 Å². The Labute approximate surface area is 135 Å². The van der Waals surface area contributed by atoms with Crippen LogP contribution in [0.25, 0.3) is 0 Å². The Morgan fingerprint density at radius 2 is 1.41 bits per heavy atom. The molecular weight excluding hydrogens is 271 g/mol. The third-order valence-electron chi connectivity index (χ3n) is 6.20. The molecule has 0 heterocycles. The molecule has 0 aromatic heterocycles. The van der Waals surface area contributed by atoms with Crippen LogP contribution in [0.3, 0.4) is 0 Å². The average Bonchev–Trinajstić information content (AvgIpc) is 2.81. The summed E-state index contributed by atoms with van der Waals surface area (Å²) in [6.07, 6.45) is 17.1. The first kappa shape index (κ1) is 16.0. The third-order valence-corrected chi connectivity index (χ3v) is 6.20. The first-order chi connectivity index (χ1) is 10.8. The highest BCUT2D eigenvalue weighted by molar-refractivity contribution is 5.16. The lowest BCUT2D eigenvalue weighted by Gasteiger charge is -2.29. The standard InChI is InChI=1S/C21H31F/c22-21-15-12-18(13-16-21)10-9-17-5-4-8-20(14-11-17)19-6-2-1-3-7-19/h12-13,15-17,19-20H,1-11,14H2. The highest BCUT2D eigenvalue weighted by Gasteiger charge is 2.26. The summed E-state index contributed by atoms with van der Waals surface area (Å²) in [6, 6.07) is 7.11. The predicted octanol–water partition coefficient (Wildman–Crippen LogP) is 6.54. The Bertz CT molecular complexity index is 430. The number of benzene rings is 1. The van der Waals surface area contributed by atoms with Crippen molar-refractivity contribution < 1.29 is 4.39 Å². The van der Waals surface area contributed by atoms with Gasteiger partial charge in [0.2, 0.25) is 0 Å². The summed E-state index contributed by atoms with van der Waals surface area (Å²) in [4.78, 5) is 0. The lowest BCUT2D eigenvalue weighted by Crippen LogP contribution is -2.17. The zero-order valence-corrected chi connectivity index (χ0v) is 13.9. The lowest BCUT2D eigenvalue weighted by atomic mass is 9.76. The summed E-state index contributed by atoms with van der Waals surface area (Å²) in [6.45, 7) is 0. The molecule has 22 heavy (non-hydrogen) atoms. The lowest BCUT2D eigenvalue weighted by molar-refractivity contribution is 0.224. The fourth-order valence-electron chi connectivity index (χ4n) is 4.79. The smallest absolute Gasteiger partial charge is 0.123 e. The average molecular weight is 302 g/mol. The Morgan fingerprint density at radius 3 is 2.18 bits per heavy atom. The first-order valence-electron chi connectivity index (χ1n) is 9.55. The van der Waals surface area contributed by atoms with Gasteiger partial charge in [-0.2, -0.15) is 0 Å². The van der Waals surface area contributed by atoms with E-state index in [0.717, 1.165) is 24.2 Å². The molecule has 2 fully saturated rings. The van der Waals surface area contributed by atoms with Crippen molar-refractivity contribution in [2.75, 3.05) is 0 Å². The minimum Gasteiger partial charge on any atom is -0.207 e. The molecule has 1 aromatic rings. The van der Waals surface area contributed by atoms with Crippen LogP contribution in [-0.4, -0.2) is 0 Å². The largest absolute Gasteiger partial charge is 0.207 e. The van der Waals surface area contributed by atoms with Crippen molar-refractivity contribution in [3.63, 3.8) is 0 Å². The van der Waals surface area contributed by atoms with Crippen molar-refractivity contribution >= 4 is 0 Å². The second kappa shape index (κ2) is 8.13. The van der Waals surface area contributed by atoms with Crippen LogP contribution < -0.4 is 0 Å². The van der Waals surface area contributed by atoms with Crippen LogP contribution in [0.5, 0.6) is 0 Å². The molecule has 0 saturated heterocycles. The summed E-state index contributed by atoms with van der Waals surface area (Å²) in [5.74, 6) is 2.85. The minimum absolute atomic E-state index is 0.117. The highest BCUT2D eigenvalue weighted by atomic mass is 19.1. The van der Waals surface area contributed by atoms with Crippen LogP contribution in [-0.2, 0) is 6.42 Å². The van der Waals surface area contributed by atoms with Crippen molar-refractivity contribution in [2.45, 2.75) is 77.0 Å². The molecule has 2 saturated carbocycles. The maximum atomic E-state index is 13.0. The molecule has 0 radical (unpaired) electrons. The summed E-state index contributed by atoms with van der Waals surface area (Å²) in [7, 11) is 0. The molecule has 2 aliphatic rings. The maximum absolute atomic E-state index is 13.0. The van der Waals surface area contributed by atoms with Gasteiger partial charge in [0, 0.05) is 0 Å². The number of halogens is 1. The fourth-order valence-corrected chi connectivity index (χ4v) is 4.79. The Balaban J connectivity index is 1.44. The Kier molecular flexibility index (Phi) is 5.92. The predicted molar refractivity (Wildman–Crippen MR) is 91.4 cm³/mol. The Hall–Kier alpha value is -0.850. The highest BCUT2D eigenvalue weighted by Crippen LogP contribution is 2.39. The molecule has 0 spiro atoms. The molecule has 2 aliphatic carbocycles. The van der Waals surface area contributed by atoms with Crippen LogP contribution in [0.15, 0.2) is 24.3 Å². The van der Waals surface area contributed by atoms with E-state index in [2.05, 4.69) is 0 Å². The normalized spacial score (nSPS) is 27.5. The number of hydrogen-bond acceptors (Lipinski definition) is 0. The van der Waals surface area contributed by atoms with E-state index >= 15 is 0 Å². The molecule has 0 N–H and O–H groups in total. The van der Waals surface area contributed by atoms with E-state index in [0.29, 0.717) is 0 Å². The monoisotopic (exact) mass is 302 g/mol. The molecule has 3 rings (SSSR count). The molecule has 0 bridgehead atoms. The van der Waals surface area contributed by atoms with Gasteiger partial charge in [-0.25, -0.2) is 4.39 Å². The van der Waals surface area contributed by atoms with E-state index in [1.165, 1.54) is 76.2 Å². The quantitative estimate of drug-likeness (QED) is 0.554. The van der Waals surface area contributed by atoms with Crippen molar-refractivity contribution in [2.24, 2.45) is 17.8 Å². The molecule has 1 aromatic carbocycles.